The lowest BCUT2D eigenvalue weighted by Gasteiger charge is -2.12. The van der Waals surface area contributed by atoms with Gasteiger partial charge in [-0.25, -0.2) is 4.98 Å². The highest BCUT2D eigenvalue weighted by molar-refractivity contribution is 8.00. The summed E-state index contributed by atoms with van der Waals surface area (Å²) in [5.74, 6) is -0.545. The summed E-state index contributed by atoms with van der Waals surface area (Å²) < 4.78 is 38.6. The predicted molar refractivity (Wildman–Crippen MR) is 89.2 cm³/mol. The Labute approximate surface area is 147 Å². The average Bonchev–Trinajstić information content (AvgIpc) is 2.53. The maximum Gasteiger partial charge on any atom is 0.433 e. The molecule has 1 N–H and O–H groups in total. The summed E-state index contributed by atoms with van der Waals surface area (Å²) in [6.07, 6.45) is -4.61. The van der Waals surface area contributed by atoms with Crippen LogP contribution in [-0.2, 0) is 11.0 Å². The van der Waals surface area contributed by atoms with Crippen molar-refractivity contribution in [3.8, 4) is 6.07 Å². The number of amides is 1. The molecule has 8 heteroatoms. The Hall–Kier alpha value is -2.53. The van der Waals surface area contributed by atoms with Gasteiger partial charge < -0.3 is 5.32 Å². The molecule has 1 aromatic heterocycles. The molecule has 0 bridgehead atoms. The predicted octanol–water partition coefficient (Wildman–Crippen LogP) is 4.32. The lowest BCUT2D eigenvalue weighted by molar-refractivity contribution is -0.141. The molecule has 0 unspecified atom stereocenters. The number of carbonyl (C=O) groups is 1. The fourth-order valence-electron chi connectivity index (χ4n) is 2.06. The molecule has 130 valence electrons. The van der Waals surface area contributed by atoms with Gasteiger partial charge in [-0.15, -0.1) is 0 Å². The molecule has 0 saturated heterocycles. The molecule has 0 spiro atoms. The fraction of sp³-hybridized carbons (Fsp3) is 0.235. The highest BCUT2D eigenvalue weighted by atomic mass is 32.2. The van der Waals surface area contributed by atoms with Crippen LogP contribution in [0.2, 0.25) is 0 Å². The normalized spacial score (nSPS) is 11.0. The van der Waals surface area contributed by atoms with Crippen molar-refractivity contribution in [2.75, 3.05) is 11.1 Å². The molecule has 2 rings (SSSR count). The van der Waals surface area contributed by atoms with E-state index >= 15 is 0 Å². The summed E-state index contributed by atoms with van der Waals surface area (Å²) in [6.45, 7) is 3.24. The minimum absolute atomic E-state index is 0.0432. The molecule has 0 fully saturated rings. The van der Waals surface area contributed by atoms with Gasteiger partial charge in [-0.05, 0) is 37.1 Å². The van der Waals surface area contributed by atoms with Crippen molar-refractivity contribution in [1.82, 2.24) is 4.98 Å². The average molecular weight is 365 g/mol. The number of halogens is 3. The van der Waals surface area contributed by atoms with E-state index in [2.05, 4.69) is 10.3 Å². The van der Waals surface area contributed by atoms with Gasteiger partial charge >= 0.3 is 6.18 Å². The van der Waals surface area contributed by atoms with Crippen molar-refractivity contribution in [1.29, 1.82) is 5.26 Å². The summed E-state index contributed by atoms with van der Waals surface area (Å²) in [4.78, 5) is 15.5. The molecule has 25 heavy (non-hydrogen) atoms. The Morgan fingerprint density at radius 3 is 2.56 bits per heavy atom. The molecular weight excluding hydrogens is 351 g/mol. The number of hydrogen-bond donors (Lipinski definition) is 1. The molecule has 0 radical (unpaired) electrons. The monoisotopic (exact) mass is 365 g/mol. The van der Waals surface area contributed by atoms with Crippen LogP contribution in [-0.4, -0.2) is 16.6 Å². The van der Waals surface area contributed by atoms with Crippen LogP contribution in [0.4, 0.5) is 18.9 Å². The van der Waals surface area contributed by atoms with Gasteiger partial charge in [-0.1, -0.05) is 30.0 Å². The number of nitriles is 1. The van der Waals surface area contributed by atoms with Gasteiger partial charge in [0, 0.05) is 5.69 Å². The standard InChI is InChI=1S/C17H14F3N3OS/c1-10-5-3-4-6-13(10)22-15(24)9-25-16-12(8-21)11(2)7-14(23-16)17(18,19)20/h3-7H,9H2,1-2H3,(H,22,24). The summed E-state index contributed by atoms with van der Waals surface area (Å²) in [7, 11) is 0. The Balaban J connectivity index is 2.17. The number of rotatable bonds is 4. The first kappa shape index (κ1) is 18.8. The van der Waals surface area contributed by atoms with Crippen molar-refractivity contribution in [3.63, 3.8) is 0 Å². The minimum Gasteiger partial charge on any atom is -0.325 e. The van der Waals surface area contributed by atoms with Gasteiger partial charge in [0.2, 0.25) is 5.91 Å². The Kier molecular flexibility index (Phi) is 5.69. The number of para-hydroxylation sites is 1. The summed E-state index contributed by atoms with van der Waals surface area (Å²) in [5, 5.41) is 11.7. The summed E-state index contributed by atoms with van der Waals surface area (Å²) in [6, 6.07) is 9.82. The molecule has 2 aromatic rings. The van der Waals surface area contributed by atoms with Crippen molar-refractivity contribution >= 4 is 23.4 Å². The minimum atomic E-state index is -4.61. The molecule has 0 aliphatic heterocycles. The van der Waals surface area contributed by atoms with Crippen LogP contribution in [0.25, 0.3) is 0 Å². The molecule has 0 atom stereocenters. The number of hydrogen-bond acceptors (Lipinski definition) is 4. The summed E-state index contributed by atoms with van der Waals surface area (Å²) >= 11 is 0.804. The van der Waals surface area contributed by atoms with Crippen LogP contribution < -0.4 is 5.32 Å². The zero-order chi connectivity index (χ0) is 18.6. The number of nitrogens with zero attached hydrogens (tertiary/aromatic N) is 2. The van der Waals surface area contributed by atoms with Crippen molar-refractivity contribution in [2.45, 2.75) is 25.0 Å². The van der Waals surface area contributed by atoms with E-state index in [0.29, 0.717) is 5.69 Å². The van der Waals surface area contributed by atoms with Gasteiger partial charge in [0.25, 0.3) is 0 Å². The molecule has 0 aliphatic rings. The third kappa shape index (κ3) is 4.73. The lowest BCUT2D eigenvalue weighted by atomic mass is 10.1. The van der Waals surface area contributed by atoms with Crippen LogP contribution in [0.1, 0.15) is 22.4 Å². The van der Waals surface area contributed by atoms with Crippen molar-refractivity contribution in [2.24, 2.45) is 0 Å². The van der Waals surface area contributed by atoms with Gasteiger partial charge in [0.05, 0.1) is 11.3 Å². The van der Waals surface area contributed by atoms with Crippen LogP contribution in [0.15, 0.2) is 35.4 Å². The first-order valence-corrected chi connectivity index (χ1v) is 8.18. The largest absolute Gasteiger partial charge is 0.433 e. The number of anilines is 1. The lowest BCUT2D eigenvalue weighted by Crippen LogP contribution is -2.16. The van der Waals surface area contributed by atoms with Crippen LogP contribution in [0, 0.1) is 25.2 Å². The smallest absolute Gasteiger partial charge is 0.325 e. The third-order valence-corrected chi connectivity index (χ3v) is 4.32. The van der Waals surface area contributed by atoms with Gasteiger partial charge in [0.15, 0.2) is 0 Å². The first-order valence-electron chi connectivity index (χ1n) is 7.19. The molecule has 1 heterocycles. The number of pyridine rings is 1. The Morgan fingerprint density at radius 1 is 1.28 bits per heavy atom. The van der Waals surface area contributed by atoms with E-state index in [1.54, 1.807) is 12.1 Å². The number of benzene rings is 1. The summed E-state index contributed by atoms with van der Waals surface area (Å²) in [5.41, 5.74) is 0.632. The first-order chi connectivity index (χ1) is 11.7. The van der Waals surface area contributed by atoms with E-state index in [-0.39, 0.29) is 27.8 Å². The van der Waals surface area contributed by atoms with Gasteiger partial charge in [-0.2, -0.15) is 18.4 Å². The van der Waals surface area contributed by atoms with E-state index in [4.69, 9.17) is 5.26 Å². The van der Waals surface area contributed by atoms with Crippen molar-refractivity contribution < 1.29 is 18.0 Å². The number of alkyl halides is 3. The zero-order valence-corrected chi connectivity index (χ0v) is 14.3. The second-order valence-corrected chi connectivity index (χ2v) is 6.23. The second-order valence-electron chi connectivity index (χ2n) is 5.27. The highest BCUT2D eigenvalue weighted by Gasteiger charge is 2.34. The molecule has 0 aliphatic carbocycles. The molecule has 1 amide bonds. The molecule has 1 aromatic carbocycles. The highest BCUT2D eigenvalue weighted by Crippen LogP contribution is 2.32. The maximum absolute atomic E-state index is 12.9. The fourth-order valence-corrected chi connectivity index (χ4v) is 2.92. The van der Waals surface area contributed by atoms with E-state index in [0.717, 1.165) is 23.4 Å². The van der Waals surface area contributed by atoms with E-state index < -0.39 is 11.9 Å². The van der Waals surface area contributed by atoms with E-state index in [1.165, 1.54) is 6.92 Å². The number of aromatic nitrogens is 1. The Morgan fingerprint density at radius 2 is 1.96 bits per heavy atom. The molecule has 0 saturated carbocycles. The number of aryl methyl sites for hydroxylation is 2. The van der Waals surface area contributed by atoms with Crippen LogP contribution >= 0.6 is 11.8 Å². The van der Waals surface area contributed by atoms with E-state index in [1.807, 2.05) is 25.1 Å². The quantitative estimate of drug-likeness (QED) is 0.820. The molecular formula is C17H14F3N3OS. The van der Waals surface area contributed by atoms with Crippen LogP contribution in [0.5, 0.6) is 0 Å². The topological polar surface area (TPSA) is 65.8 Å². The van der Waals surface area contributed by atoms with Crippen LogP contribution in [0.3, 0.4) is 0 Å². The van der Waals surface area contributed by atoms with E-state index in [9.17, 15) is 18.0 Å². The molecule has 4 nitrogen and oxygen atoms in total. The number of nitrogens with one attached hydrogen (secondary N) is 1. The Bertz CT molecular complexity index is 844. The zero-order valence-electron chi connectivity index (χ0n) is 13.4. The maximum atomic E-state index is 12.9. The second kappa shape index (κ2) is 7.57. The van der Waals surface area contributed by atoms with Crippen molar-refractivity contribution in [3.05, 3.63) is 52.7 Å². The number of thioether (sulfide) groups is 1. The number of carbonyl (C=O) groups excluding carboxylic acids is 1. The van der Waals surface area contributed by atoms with Gasteiger partial charge in [0.1, 0.15) is 16.8 Å². The third-order valence-electron chi connectivity index (χ3n) is 3.34. The van der Waals surface area contributed by atoms with Gasteiger partial charge in [-0.3, -0.25) is 4.79 Å². The SMILES string of the molecule is Cc1ccccc1NC(=O)CSc1nc(C(F)(F)F)cc(C)c1C#N.